The molecule has 0 unspecified atom stereocenters. The Bertz CT molecular complexity index is 979. The molecule has 2 aromatic rings. The molecule has 2 N–H and O–H groups in total. The average molecular weight is 463 g/mol. The molecule has 0 saturated heterocycles. The summed E-state index contributed by atoms with van der Waals surface area (Å²) in [7, 11) is 1.48. The third-order valence-corrected chi connectivity index (χ3v) is 5.09. The van der Waals surface area contributed by atoms with Gasteiger partial charge in [0.05, 0.1) is 31.5 Å². The van der Waals surface area contributed by atoms with Crippen LogP contribution in [0.3, 0.4) is 0 Å². The molecule has 2 rings (SSSR count). The minimum absolute atomic E-state index is 0.0108. The van der Waals surface area contributed by atoms with Crippen LogP contribution >= 0.6 is 0 Å². The highest BCUT2D eigenvalue weighted by atomic mass is 19.1. The van der Waals surface area contributed by atoms with Crippen LogP contribution in [-0.4, -0.2) is 48.0 Å². The van der Waals surface area contributed by atoms with Crippen molar-refractivity contribution in [2.45, 2.75) is 52.1 Å². The van der Waals surface area contributed by atoms with Crippen LogP contribution in [-0.2, 0) is 0 Å². The van der Waals surface area contributed by atoms with Gasteiger partial charge in [-0.15, -0.1) is 0 Å². The van der Waals surface area contributed by atoms with Crippen molar-refractivity contribution in [3.63, 3.8) is 0 Å². The second-order valence-corrected chi connectivity index (χ2v) is 8.30. The first-order valence-corrected chi connectivity index (χ1v) is 10.7. The molecule has 0 saturated carbocycles. The number of carboxylic acid groups (broad SMARTS) is 1. The van der Waals surface area contributed by atoms with Gasteiger partial charge in [0, 0.05) is 12.0 Å². The maximum absolute atomic E-state index is 13.6. The van der Waals surface area contributed by atoms with E-state index in [9.17, 15) is 19.1 Å². The van der Waals surface area contributed by atoms with E-state index in [4.69, 9.17) is 19.3 Å². The lowest BCUT2D eigenvalue weighted by Crippen LogP contribution is -2.14. The van der Waals surface area contributed by atoms with E-state index in [-0.39, 0.29) is 35.5 Å². The maximum Gasteiger partial charge on any atom is 0.335 e. The largest absolute Gasteiger partial charge is 0.507 e. The molecule has 0 atom stereocenters. The summed E-state index contributed by atoms with van der Waals surface area (Å²) in [6, 6.07) is 7.53. The zero-order valence-electron chi connectivity index (χ0n) is 19.4. The third-order valence-electron chi connectivity index (χ3n) is 5.09. The van der Waals surface area contributed by atoms with Crippen LogP contribution in [0.25, 0.3) is 0 Å². The monoisotopic (exact) mass is 462 g/mol. The zero-order valence-corrected chi connectivity index (χ0v) is 19.4. The first-order valence-electron chi connectivity index (χ1n) is 10.7. The van der Waals surface area contributed by atoms with Crippen LogP contribution in [0.5, 0.6) is 23.0 Å². The predicted octanol–water partition coefficient (Wildman–Crippen LogP) is 5.36. The number of carboxylic acids is 1. The number of Topliss-reactive ketones (excluding diaryl/α,β-unsaturated/α-hetero) is 1. The highest BCUT2D eigenvalue weighted by molar-refractivity contribution is 5.99. The van der Waals surface area contributed by atoms with Crippen molar-refractivity contribution in [2.24, 2.45) is 0 Å². The zero-order chi connectivity index (χ0) is 24.6. The van der Waals surface area contributed by atoms with Crippen LogP contribution in [0.15, 0.2) is 30.3 Å². The van der Waals surface area contributed by atoms with Gasteiger partial charge in [-0.2, -0.15) is 0 Å². The summed E-state index contributed by atoms with van der Waals surface area (Å²) in [5.41, 5.74) is -0.723. The molecule has 0 aromatic heterocycles. The van der Waals surface area contributed by atoms with Crippen molar-refractivity contribution in [2.75, 3.05) is 20.3 Å². The highest BCUT2D eigenvalue weighted by Crippen LogP contribution is 2.32. The van der Waals surface area contributed by atoms with E-state index in [1.165, 1.54) is 39.2 Å². The van der Waals surface area contributed by atoms with Crippen LogP contribution in [0, 0.1) is 6.92 Å². The number of ketones is 1. The number of halogens is 1. The Morgan fingerprint density at radius 1 is 1.00 bits per heavy atom. The molecular weight excluding hydrogens is 431 g/mol. The molecule has 0 heterocycles. The van der Waals surface area contributed by atoms with Gasteiger partial charge in [-0.25, -0.2) is 9.18 Å². The van der Waals surface area contributed by atoms with E-state index in [0.29, 0.717) is 48.9 Å². The normalized spacial score (nSPS) is 11.2. The Morgan fingerprint density at radius 3 is 2.18 bits per heavy atom. The van der Waals surface area contributed by atoms with Gasteiger partial charge in [-0.1, -0.05) is 0 Å². The Morgan fingerprint density at radius 2 is 1.61 bits per heavy atom. The van der Waals surface area contributed by atoms with E-state index in [0.717, 1.165) is 0 Å². The Hall–Kier alpha value is -3.29. The number of benzene rings is 2. The predicted molar refractivity (Wildman–Crippen MR) is 122 cm³/mol. The van der Waals surface area contributed by atoms with Gasteiger partial charge in [0.25, 0.3) is 0 Å². The SMILES string of the molecule is COc1ccc(C(=O)O)cc1OCCCCOc1ccc(C(=O)CCC(C)(C)F)c(O)c1C. The number of phenols is 1. The summed E-state index contributed by atoms with van der Waals surface area (Å²) in [6.07, 6.45) is 1.38. The number of alkyl halides is 1. The van der Waals surface area contributed by atoms with Gasteiger partial charge in [0.2, 0.25) is 0 Å². The van der Waals surface area contributed by atoms with Gasteiger partial charge in [0.15, 0.2) is 17.3 Å². The molecule has 2 aromatic carbocycles. The second-order valence-electron chi connectivity index (χ2n) is 8.30. The van der Waals surface area contributed by atoms with Crippen molar-refractivity contribution in [3.8, 4) is 23.0 Å². The second kappa shape index (κ2) is 11.5. The molecule has 0 aliphatic heterocycles. The Labute approximate surface area is 193 Å². The quantitative estimate of drug-likeness (QED) is 0.305. The van der Waals surface area contributed by atoms with E-state index in [1.54, 1.807) is 19.1 Å². The Kier molecular flexibility index (Phi) is 9.08. The fraction of sp³-hybridized carbons (Fsp3) is 0.440. The third kappa shape index (κ3) is 7.66. The number of unbranched alkanes of at least 4 members (excludes halogenated alkanes) is 1. The summed E-state index contributed by atoms with van der Waals surface area (Å²) in [5, 5.41) is 19.5. The van der Waals surface area contributed by atoms with Crippen molar-refractivity contribution in [1.29, 1.82) is 0 Å². The fourth-order valence-electron chi connectivity index (χ4n) is 3.10. The van der Waals surface area contributed by atoms with Crippen LogP contribution in [0.4, 0.5) is 4.39 Å². The standard InChI is InChI=1S/C25H31FO7/c1-16-20(10-8-18(23(16)28)19(27)11-12-25(2,3)26)32-13-5-6-14-33-22-15-17(24(29)30)7-9-21(22)31-4/h7-10,15,28H,5-6,11-14H2,1-4H3,(H,29,30). The lowest BCUT2D eigenvalue weighted by Gasteiger charge is -2.15. The molecule has 0 bridgehead atoms. The molecule has 0 fully saturated rings. The summed E-state index contributed by atoms with van der Waals surface area (Å²) in [5.74, 6) is -0.238. The number of ether oxygens (including phenoxy) is 3. The van der Waals surface area contributed by atoms with E-state index >= 15 is 0 Å². The van der Waals surface area contributed by atoms with Gasteiger partial charge < -0.3 is 24.4 Å². The van der Waals surface area contributed by atoms with Gasteiger partial charge >= 0.3 is 5.97 Å². The lowest BCUT2D eigenvalue weighted by molar-refractivity contribution is 0.0696. The first-order chi connectivity index (χ1) is 15.5. The van der Waals surface area contributed by atoms with E-state index < -0.39 is 11.6 Å². The Balaban J connectivity index is 1.84. The summed E-state index contributed by atoms with van der Waals surface area (Å²) in [6.45, 7) is 5.18. The number of hydrogen-bond donors (Lipinski definition) is 2. The lowest BCUT2D eigenvalue weighted by atomic mass is 9.97. The van der Waals surface area contributed by atoms with Crippen LogP contribution in [0.1, 0.15) is 65.8 Å². The van der Waals surface area contributed by atoms with Crippen molar-refractivity contribution in [3.05, 3.63) is 47.0 Å². The minimum Gasteiger partial charge on any atom is -0.507 e. The topological polar surface area (TPSA) is 102 Å². The van der Waals surface area contributed by atoms with Gasteiger partial charge in [-0.3, -0.25) is 4.79 Å². The summed E-state index contributed by atoms with van der Waals surface area (Å²) < 4.78 is 30.2. The molecule has 0 spiro atoms. The molecule has 33 heavy (non-hydrogen) atoms. The molecule has 180 valence electrons. The smallest absolute Gasteiger partial charge is 0.335 e. The summed E-state index contributed by atoms with van der Waals surface area (Å²) in [4.78, 5) is 23.4. The van der Waals surface area contributed by atoms with Crippen molar-refractivity contribution >= 4 is 11.8 Å². The number of rotatable bonds is 13. The van der Waals surface area contributed by atoms with Gasteiger partial charge in [-0.05, 0) is 70.4 Å². The molecule has 7 nitrogen and oxygen atoms in total. The molecule has 0 aliphatic carbocycles. The first kappa shape index (κ1) is 26.0. The van der Waals surface area contributed by atoms with Crippen molar-refractivity contribution in [1.82, 2.24) is 0 Å². The number of hydrogen-bond acceptors (Lipinski definition) is 6. The van der Waals surface area contributed by atoms with Crippen molar-refractivity contribution < 1.29 is 38.4 Å². The van der Waals surface area contributed by atoms with Gasteiger partial charge in [0.1, 0.15) is 17.2 Å². The molecule has 8 heteroatoms. The number of phenolic OH excluding ortho intramolecular Hbond substituents is 1. The number of aromatic carboxylic acids is 1. The van der Waals surface area contributed by atoms with E-state index in [2.05, 4.69) is 0 Å². The van der Waals surface area contributed by atoms with Crippen LogP contribution < -0.4 is 14.2 Å². The number of methoxy groups -OCH3 is 1. The molecule has 0 radical (unpaired) electrons. The molecule has 0 aliphatic rings. The maximum atomic E-state index is 13.6. The minimum atomic E-state index is -1.45. The number of carbonyl (C=O) groups excluding carboxylic acids is 1. The number of aromatic hydroxyl groups is 1. The summed E-state index contributed by atoms with van der Waals surface area (Å²) >= 11 is 0. The highest BCUT2D eigenvalue weighted by Gasteiger charge is 2.21. The van der Waals surface area contributed by atoms with E-state index in [1.807, 2.05) is 0 Å². The van der Waals surface area contributed by atoms with Crippen LogP contribution in [0.2, 0.25) is 0 Å². The average Bonchev–Trinajstić information content (AvgIpc) is 2.76. The molecule has 0 amide bonds. The fourth-order valence-corrected chi connectivity index (χ4v) is 3.10. The number of carbonyl (C=O) groups is 2. The molecular formula is C25H31FO7.